The van der Waals surface area contributed by atoms with Crippen LogP contribution < -0.4 is 15.2 Å². The van der Waals surface area contributed by atoms with Crippen molar-refractivity contribution in [2.75, 3.05) is 19.8 Å². The van der Waals surface area contributed by atoms with Crippen LogP contribution in [0.4, 0.5) is 0 Å². The maximum Gasteiger partial charge on any atom is 0.161 e. The predicted molar refractivity (Wildman–Crippen MR) is 51.4 cm³/mol. The zero-order valence-corrected chi connectivity index (χ0v) is 7.77. The number of hydrogen-bond acceptors (Lipinski definition) is 4. The molecule has 0 amide bonds. The van der Waals surface area contributed by atoms with E-state index in [-0.39, 0.29) is 12.6 Å². The molecule has 4 heteroatoms. The highest BCUT2D eigenvalue weighted by Gasteiger charge is 2.13. The minimum Gasteiger partial charge on any atom is -0.486 e. The first-order valence-electron chi connectivity index (χ1n) is 4.57. The number of nitrogens with two attached hydrogens (primary N) is 1. The number of rotatable bonds is 2. The molecule has 0 radical (unpaired) electrons. The van der Waals surface area contributed by atoms with Crippen molar-refractivity contribution in [1.29, 1.82) is 0 Å². The topological polar surface area (TPSA) is 64.7 Å². The molecule has 76 valence electrons. The van der Waals surface area contributed by atoms with Crippen molar-refractivity contribution in [2.24, 2.45) is 5.73 Å². The molecule has 1 aliphatic rings. The van der Waals surface area contributed by atoms with Gasteiger partial charge in [0.1, 0.15) is 13.2 Å². The quantitative estimate of drug-likeness (QED) is 0.719. The van der Waals surface area contributed by atoms with E-state index in [2.05, 4.69) is 0 Å². The van der Waals surface area contributed by atoms with Crippen molar-refractivity contribution in [3.8, 4) is 11.5 Å². The lowest BCUT2D eigenvalue weighted by molar-refractivity contribution is 0.171. The van der Waals surface area contributed by atoms with Crippen molar-refractivity contribution >= 4 is 0 Å². The van der Waals surface area contributed by atoms with Gasteiger partial charge >= 0.3 is 0 Å². The highest BCUT2D eigenvalue weighted by molar-refractivity contribution is 5.44. The van der Waals surface area contributed by atoms with Gasteiger partial charge in [0.05, 0.1) is 12.6 Å². The third-order valence-corrected chi connectivity index (χ3v) is 2.19. The summed E-state index contributed by atoms with van der Waals surface area (Å²) in [6.45, 7) is 1.07. The molecule has 0 spiro atoms. The summed E-state index contributed by atoms with van der Waals surface area (Å²) in [4.78, 5) is 0. The molecule has 2 rings (SSSR count). The van der Waals surface area contributed by atoms with E-state index in [0.29, 0.717) is 19.0 Å². The second kappa shape index (κ2) is 3.86. The molecule has 1 aromatic rings. The van der Waals surface area contributed by atoms with Crippen LogP contribution in [0.15, 0.2) is 18.2 Å². The molecule has 0 fully saturated rings. The molecular weight excluding hydrogens is 182 g/mol. The van der Waals surface area contributed by atoms with E-state index >= 15 is 0 Å². The standard InChI is InChI=1S/C10H13NO3/c11-8(6-12)7-1-2-9-10(5-7)14-4-3-13-9/h1-2,5,8,12H,3-4,6,11H2/t8-/m1/s1. The molecule has 0 saturated heterocycles. The van der Waals surface area contributed by atoms with Gasteiger partial charge in [-0.25, -0.2) is 0 Å². The molecule has 0 aromatic heterocycles. The lowest BCUT2D eigenvalue weighted by Crippen LogP contribution is -2.18. The van der Waals surface area contributed by atoms with Crippen molar-refractivity contribution in [3.63, 3.8) is 0 Å². The van der Waals surface area contributed by atoms with Crippen LogP contribution in [0.1, 0.15) is 11.6 Å². The molecule has 1 aromatic carbocycles. The number of hydrogen-bond donors (Lipinski definition) is 2. The summed E-state index contributed by atoms with van der Waals surface area (Å²) >= 11 is 0. The fraction of sp³-hybridized carbons (Fsp3) is 0.400. The largest absolute Gasteiger partial charge is 0.486 e. The van der Waals surface area contributed by atoms with Gasteiger partial charge < -0.3 is 20.3 Å². The van der Waals surface area contributed by atoms with Gasteiger partial charge in [-0.05, 0) is 17.7 Å². The molecular formula is C10H13NO3. The Labute approximate surface area is 82.2 Å². The van der Waals surface area contributed by atoms with Crippen LogP contribution in [0.2, 0.25) is 0 Å². The average molecular weight is 195 g/mol. The van der Waals surface area contributed by atoms with Gasteiger partial charge in [0, 0.05) is 0 Å². The van der Waals surface area contributed by atoms with Gasteiger partial charge in [-0.2, -0.15) is 0 Å². The zero-order chi connectivity index (χ0) is 9.97. The van der Waals surface area contributed by atoms with Crippen molar-refractivity contribution in [3.05, 3.63) is 23.8 Å². The van der Waals surface area contributed by atoms with E-state index in [1.165, 1.54) is 0 Å². The Hall–Kier alpha value is -1.26. The number of fused-ring (bicyclic) bond motifs is 1. The maximum atomic E-state index is 8.90. The zero-order valence-electron chi connectivity index (χ0n) is 7.77. The number of benzene rings is 1. The van der Waals surface area contributed by atoms with Crippen LogP contribution in [0.25, 0.3) is 0 Å². The summed E-state index contributed by atoms with van der Waals surface area (Å²) < 4.78 is 10.8. The van der Waals surface area contributed by atoms with Gasteiger partial charge in [0.25, 0.3) is 0 Å². The second-order valence-electron chi connectivity index (χ2n) is 3.19. The van der Waals surface area contributed by atoms with Crippen molar-refractivity contribution < 1.29 is 14.6 Å². The number of aliphatic hydroxyl groups is 1. The van der Waals surface area contributed by atoms with Crippen LogP contribution in [-0.4, -0.2) is 24.9 Å². The lowest BCUT2D eigenvalue weighted by atomic mass is 10.1. The summed E-state index contributed by atoms with van der Waals surface area (Å²) in [5, 5.41) is 8.90. The summed E-state index contributed by atoms with van der Waals surface area (Å²) in [5.41, 5.74) is 6.54. The Kier molecular flexibility index (Phi) is 2.56. The van der Waals surface area contributed by atoms with E-state index < -0.39 is 0 Å². The monoisotopic (exact) mass is 195 g/mol. The Balaban J connectivity index is 2.29. The van der Waals surface area contributed by atoms with Crippen LogP contribution in [0.3, 0.4) is 0 Å². The van der Waals surface area contributed by atoms with E-state index in [1.807, 2.05) is 18.2 Å². The van der Waals surface area contributed by atoms with Crippen LogP contribution >= 0.6 is 0 Å². The molecule has 0 bridgehead atoms. The molecule has 1 heterocycles. The Morgan fingerprint density at radius 3 is 2.71 bits per heavy atom. The van der Waals surface area contributed by atoms with E-state index in [0.717, 1.165) is 11.3 Å². The predicted octanol–water partition coefficient (Wildman–Crippen LogP) is 0.450. The van der Waals surface area contributed by atoms with Crippen LogP contribution in [0.5, 0.6) is 11.5 Å². The second-order valence-corrected chi connectivity index (χ2v) is 3.19. The van der Waals surface area contributed by atoms with Crippen molar-refractivity contribution in [2.45, 2.75) is 6.04 Å². The van der Waals surface area contributed by atoms with Crippen molar-refractivity contribution in [1.82, 2.24) is 0 Å². The summed E-state index contributed by atoms with van der Waals surface area (Å²) in [6, 6.07) is 5.12. The highest BCUT2D eigenvalue weighted by atomic mass is 16.6. The minimum absolute atomic E-state index is 0.0698. The lowest BCUT2D eigenvalue weighted by Gasteiger charge is -2.19. The van der Waals surface area contributed by atoms with E-state index in [1.54, 1.807) is 0 Å². The maximum absolute atomic E-state index is 8.90. The molecule has 0 aliphatic carbocycles. The fourth-order valence-corrected chi connectivity index (χ4v) is 1.40. The first-order chi connectivity index (χ1) is 6.81. The fourth-order valence-electron chi connectivity index (χ4n) is 1.40. The Morgan fingerprint density at radius 2 is 2.00 bits per heavy atom. The molecule has 1 atom stereocenters. The third-order valence-electron chi connectivity index (χ3n) is 2.19. The molecule has 0 saturated carbocycles. The van der Waals surface area contributed by atoms with E-state index in [9.17, 15) is 0 Å². The first-order valence-corrected chi connectivity index (χ1v) is 4.57. The summed E-state index contributed by atoms with van der Waals surface area (Å²) in [7, 11) is 0. The van der Waals surface area contributed by atoms with Gasteiger partial charge in [0.15, 0.2) is 11.5 Å². The van der Waals surface area contributed by atoms with Crippen LogP contribution in [0, 0.1) is 0 Å². The highest BCUT2D eigenvalue weighted by Crippen LogP contribution is 2.31. The summed E-state index contributed by atoms with van der Waals surface area (Å²) in [5.74, 6) is 1.45. The summed E-state index contributed by atoms with van der Waals surface area (Å²) in [6.07, 6.45) is 0. The van der Waals surface area contributed by atoms with Gasteiger partial charge in [-0.1, -0.05) is 6.07 Å². The smallest absolute Gasteiger partial charge is 0.161 e. The minimum atomic E-state index is -0.356. The van der Waals surface area contributed by atoms with E-state index in [4.69, 9.17) is 20.3 Å². The Bertz CT molecular complexity index is 327. The van der Waals surface area contributed by atoms with Crippen LogP contribution in [-0.2, 0) is 0 Å². The molecule has 0 unspecified atom stereocenters. The molecule has 1 aliphatic heterocycles. The normalized spacial score (nSPS) is 16.4. The van der Waals surface area contributed by atoms with Gasteiger partial charge in [0.2, 0.25) is 0 Å². The number of aliphatic hydroxyl groups excluding tert-OH is 1. The molecule has 3 N–H and O–H groups in total. The molecule has 4 nitrogen and oxygen atoms in total. The van der Waals surface area contributed by atoms with Gasteiger partial charge in [-0.3, -0.25) is 0 Å². The van der Waals surface area contributed by atoms with Gasteiger partial charge in [-0.15, -0.1) is 0 Å². The number of ether oxygens (including phenoxy) is 2. The Morgan fingerprint density at radius 1 is 1.29 bits per heavy atom. The SMILES string of the molecule is N[C@H](CO)c1ccc2c(c1)OCCO2. The average Bonchev–Trinajstić information content (AvgIpc) is 2.27. The first kappa shape index (κ1) is 9.30. The molecule has 14 heavy (non-hydrogen) atoms. The third kappa shape index (κ3) is 1.66.